The van der Waals surface area contributed by atoms with Crippen LogP contribution in [0.2, 0.25) is 0 Å². The van der Waals surface area contributed by atoms with Gasteiger partial charge in [-0.05, 0) is 36.2 Å². The first kappa shape index (κ1) is 13.6. The van der Waals surface area contributed by atoms with Gasteiger partial charge in [0, 0.05) is 31.6 Å². The lowest BCUT2D eigenvalue weighted by atomic mass is 10.2. The predicted molar refractivity (Wildman–Crippen MR) is 75.6 cm³/mol. The Balaban J connectivity index is 1.95. The summed E-state index contributed by atoms with van der Waals surface area (Å²) in [7, 11) is 0. The molecule has 0 aliphatic rings. The molecule has 0 radical (unpaired) electrons. The summed E-state index contributed by atoms with van der Waals surface area (Å²) < 4.78 is 0. The highest BCUT2D eigenvalue weighted by Crippen LogP contribution is 2.04. The van der Waals surface area contributed by atoms with E-state index in [0.717, 1.165) is 31.0 Å². The summed E-state index contributed by atoms with van der Waals surface area (Å²) in [4.78, 5) is 12.9. The molecular formula is C15H20N4. The monoisotopic (exact) mass is 256 g/mol. The molecule has 0 saturated carbocycles. The third-order valence-electron chi connectivity index (χ3n) is 2.73. The second-order valence-electron chi connectivity index (χ2n) is 5.02. The molecule has 19 heavy (non-hydrogen) atoms. The smallest absolute Gasteiger partial charge is 0.132 e. The zero-order chi connectivity index (χ0) is 13.5. The van der Waals surface area contributed by atoms with Crippen LogP contribution in [0, 0.1) is 5.92 Å². The predicted octanol–water partition coefficient (Wildman–Crippen LogP) is 2.21. The van der Waals surface area contributed by atoms with E-state index in [9.17, 15) is 0 Å². The fourth-order valence-corrected chi connectivity index (χ4v) is 1.80. The largest absolute Gasteiger partial charge is 0.311 e. The van der Waals surface area contributed by atoms with Gasteiger partial charge in [-0.1, -0.05) is 13.8 Å². The van der Waals surface area contributed by atoms with Crippen molar-refractivity contribution in [1.29, 1.82) is 0 Å². The van der Waals surface area contributed by atoms with Crippen molar-refractivity contribution in [3.8, 4) is 0 Å². The first-order valence-corrected chi connectivity index (χ1v) is 6.64. The van der Waals surface area contributed by atoms with E-state index < -0.39 is 0 Å². The van der Waals surface area contributed by atoms with Crippen LogP contribution in [0.25, 0.3) is 0 Å². The minimum atomic E-state index is 0.651. The minimum absolute atomic E-state index is 0.651. The first-order valence-electron chi connectivity index (χ1n) is 6.64. The molecule has 100 valence electrons. The fraction of sp³-hybridized carbons (Fsp3) is 0.400. The van der Waals surface area contributed by atoms with Crippen LogP contribution < -0.4 is 5.32 Å². The summed E-state index contributed by atoms with van der Waals surface area (Å²) in [6.07, 6.45) is 6.17. The Bertz CT molecular complexity index is 497. The molecule has 1 N–H and O–H groups in total. The third kappa shape index (κ3) is 4.75. The summed E-state index contributed by atoms with van der Waals surface area (Å²) in [5, 5.41) is 3.39. The second kappa shape index (κ2) is 6.95. The normalized spacial score (nSPS) is 10.9. The molecule has 4 nitrogen and oxygen atoms in total. The molecule has 0 unspecified atom stereocenters. The van der Waals surface area contributed by atoms with E-state index in [1.807, 2.05) is 24.4 Å². The standard InChI is InChI=1S/C15H20N4/c1-12(2)10-17-11-14-5-8-18-15(19-14)9-13-3-6-16-7-4-13/h3-8,12,17H,9-11H2,1-2H3. The number of hydrogen-bond acceptors (Lipinski definition) is 4. The van der Waals surface area contributed by atoms with Gasteiger partial charge in [0.05, 0.1) is 5.69 Å². The van der Waals surface area contributed by atoms with Gasteiger partial charge in [-0.15, -0.1) is 0 Å². The van der Waals surface area contributed by atoms with Gasteiger partial charge >= 0.3 is 0 Å². The molecule has 0 amide bonds. The number of nitrogens with one attached hydrogen (secondary N) is 1. The zero-order valence-corrected chi connectivity index (χ0v) is 11.5. The topological polar surface area (TPSA) is 50.7 Å². The molecule has 2 rings (SSSR count). The minimum Gasteiger partial charge on any atom is -0.311 e. The van der Waals surface area contributed by atoms with Crippen LogP contribution in [0.5, 0.6) is 0 Å². The molecule has 2 aromatic heterocycles. The summed E-state index contributed by atoms with van der Waals surface area (Å²) in [6, 6.07) is 5.95. The third-order valence-corrected chi connectivity index (χ3v) is 2.73. The second-order valence-corrected chi connectivity index (χ2v) is 5.02. The maximum Gasteiger partial charge on any atom is 0.132 e. The number of rotatable bonds is 6. The number of pyridine rings is 1. The van der Waals surface area contributed by atoms with Crippen molar-refractivity contribution < 1.29 is 0 Å². The van der Waals surface area contributed by atoms with Crippen molar-refractivity contribution in [2.45, 2.75) is 26.8 Å². The average molecular weight is 256 g/mol. The van der Waals surface area contributed by atoms with E-state index >= 15 is 0 Å². The highest BCUT2D eigenvalue weighted by Gasteiger charge is 2.01. The van der Waals surface area contributed by atoms with Gasteiger partial charge in [0.1, 0.15) is 5.82 Å². The number of hydrogen-bond donors (Lipinski definition) is 1. The van der Waals surface area contributed by atoms with Crippen LogP contribution in [0.15, 0.2) is 36.8 Å². The van der Waals surface area contributed by atoms with Crippen LogP contribution in [0.3, 0.4) is 0 Å². The Hall–Kier alpha value is -1.81. The molecule has 0 aromatic carbocycles. The quantitative estimate of drug-likeness (QED) is 0.861. The molecule has 4 heteroatoms. The molecule has 0 aliphatic heterocycles. The van der Waals surface area contributed by atoms with Gasteiger partial charge in [0.15, 0.2) is 0 Å². The van der Waals surface area contributed by atoms with Crippen LogP contribution in [-0.4, -0.2) is 21.5 Å². The summed E-state index contributed by atoms with van der Waals surface area (Å²) in [6.45, 7) is 6.19. The van der Waals surface area contributed by atoms with Crippen LogP contribution >= 0.6 is 0 Å². The van der Waals surface area contributed by atoms with E-state index in [4.69, 9.17) is 0 Å². The van der Waals surface area contributed by atoms with Gasteiger partial charge in [-0.25, -0.2) is 9.97 Å². The maximum atomic E-state index is 4.57. The lowest BCUT2D eigenvalue weighted by Crippen LogP contribution is -2.20. The van der Waals surface area contributed by atoms with E-state index in [1.165, 1.54) is 5.56 Å². The lowest BCUT2D eigenvalue weighted by molar-refractivity contribution is 0.547. The first-order chi connectivity index (χ1) is 9.24. The van der Waals surface area contributed by atoms with Crippen LogP contribution in [0.4, 0.5) is 0 Å². The van der Waals surface area contributed by atoms with E-state index in [0.29, 0.717) is 5.92 Å². The number of nitrogens with zero attached hydrogens (tertiary/aromatic N) is 3. The van der Waals surface area contributed by atoms with Crippen molar-refractivity contribution in [3.05, 3.63) is 53.9 Å². The Morgan fingerprint density at radius 3 is 2.63 bits per heavy atom. The van der Waals surface area contributed by atoms with Crippen molar-refractivity contribution >= 4 is 0 Å². The molecule has 2 aromatic rings. The Kier molecular flexibility index (Phi) is 4.98. The Labute approximate surface area is 114 Å². The van der Waals surface area contributed by atoms with Gasteiger partial charge < -0.3 is 5.32 Å². The summed E-state index contributed by atoms with van der Waals surface area (Å²) in [5.41, 5.74) is 2.22. The van der Waals surface area contributed by atoms with Crippen molar-refractivity contribution in [2.75, 3.05) is 6.54 Å². The lowest BCUT2D eigenvalue weighted by Gasteiger charge is -2.07. The van der Waals surface area contributed by atoms with Gasteiger partial charge in [0.2, 0.25) is 0 Å². The van der Waals surface area contributed by atoms with Gasteiger partial charge in [-0.2, -0.15) is 0 Å². The highest BCUT2D eigenvalue weighted by molar-refractivity contribution is 5.16. The molecule has 0 spiro atoms. The van der Waals surface area contributed by atoms with Crippen molar-refractivity contribution in [2.24, 2.45) is 5.92 Å². The summed E-state index contributed by atoms with van der Waals surface area (Å²) >= 11 is 0. The maximum absolute atomic E-state index is 4.57. The fourth-order valence-electron chi connectivity index (χ4n) is 1.80. The van der Waals surface area contributed by atoms with E-state index in [-0.39, 0.29) is 0 Å². The molecule has 0 aliphatic carbocycles. The molecule has 0 saturated heterocycles. The van der Waals surface area contributed by atoms with E-state index in [2.05, 4.69) is 34.1 Å². The molecule has 0 fully saturated rings. The van der Waals surface area contributed by atoms with Crippen LogP contribution in [0.1, 0.15) is 30.9 Å². The zero-order valence-electron chi connectivity index (χ0n) is 11.5. The molecular weight excluding hydrogens is 236 g/mol. The molecule has 0 bridgehead atoms. The van der Waals surface area contributed by atoms with E-state index in [1.54, 1.807) is 12.4 Å². The average Bonchev–Trinajstić information content (AvgIpc) is 2.40. The Morgan fingerprint density at radius 2 is 1.89 bits per heavy atom. The Morgan fingerprint density at radius 1 is 1.11 bits per heavy atom. The van der Waals surface area contributed by atoms with Gasteiger partial charge in [0.25, 0.3) is 0 Å². The summed E-state index contributed by atoms with van der Waals surface area (Å²) in [5.74, 6) is 1.51. The highest BCUT2D eigenvalue weighted by atomic mass is 14.9. The SMILES string of the molecule is CC(C)CNCc1ccnc(Cc2ccncc2)n1. The molecule has 2 heterocycles. The van der Waals surface area contributed by atoms with Crippen molar-refractivity contribution in [3.63, 3.8) is 0 Å². The van der Waals surface area contributed by atoms with Crippen molar-refractivity contribution in [1.82, 2.24) is 20.3 Å². The van der Waals surface area contributed by atoms with Gasteiger partial charge in [-0.3, -0.25) is 4.98 Å². The number of aromatic nitrogens is 3. The molecule has 0 atom stereocenters. The van der Waals surface area contributed by atoms with Crippen LogP contribution in [-0.2, 0) is 13.0 Å².